The van der Waals surface area contributed by atoms with Crippen molar-refractivity contribution in [3.05, 3.63) is 12.5 Å². The van der Waals surface area contributed by atoms with Crippen LogP contribution < -0.4 is 5.73 Å². The van der Waals surface area contributed by atoms with Crippen LogP contribution in [0.5, 0.6) is 0 Å². The minimum Gasteiger partial charge on any atom is -0.335 e. The number of aromatic nitrogens is 2. The summed E-state index contributed by atoms with van der Waals surface area (Å²) in [5.74, 6) is 0.256. The molecule has 1 heterocycles. The maximum atomic E-state index is 12.6. The lowest BCUT2D eigenvalue weighted by atomic mass is 9.84. The van der Waals surface area contributed by atoms with Gasteiger partial charge >= 0.3 is 0 Å². The number of hydrogen-bond acceptors (Lipinski definition) is 4. The van der Waals surface area contributed by atoms with Crippen molar-refractivity contribution in [1.29, 1.82) is 0 Å². The number of nitrogens with one attached hydrogen (secondary N) is 1. The van der Waals surface area contributed by atoms with E-state index in [2.05, 4.69) is 9.97 Å². The van der Waals surface area contributed by atoms with E-state index in [9.17, 15) is 8.42 Å². The van der Waals surface area contributed by atoms with E-state index in [0.29, 0.717) is 13.1 Å². The summed E-state index contributed by atoms with van der Waals surface area (Å²) in [5.41, 5.74) is 5.81. The largest absolute Gasteiger partial charge is 0.335 e. The van der Waals surface area contributed by atoms with Crippen LogP contribution in [0.3, 0.4) is 0 Å². The van der Waals surface area contributed by atoms with E-state index in [1.54, 1.807) is 4.31 Å². The molecule has 1 fully saturated rings. The van der Waals surface area contributed by atoms with Crippen molar-refractivity contribution < 1.29 is 8.42 Å². The fraction of sp³-hybridized carbons (Fsp3) is 0.750. The standard InChI is InChI=1S/C12H22N4O2S/c1-2-16(11-6-4-3-5-10(11)7-13)19(17,18)12-8-14-9-15-12/h8-11H,2-7,13H2,1H3,(H,14,15). The summed E-state index contributed by atoms with van der Waals surface area (Å²) >= 11 is 0. The Balaban J connectivity index is 2.28. The first-order valence-corrected chi connectivity index (χ1v) is 8.25. The van der Waals surface area contributed by atoms with E-state index < -0.39 is 10.0 Å². The van der Waals surface area contributed by atoms with Crippen molar-refractivity contribution in [3.63, 3.8) is 0 Å². The topological polar surface area (TPSA) is 92.1 Å². The lowest BCUT2D eigenvalue weighted by molar-refractivity contribution is 0.187. The molecule has 1 aliphatic rings. The van der Waals surface area contributed by atoms with Crippen LogP contribution in [0.1, 0.15) is 32.6 Å². The number of sulfonamides is 1. The van der Waals surface area contributed by atoms with Crippen molar-refractivity contribution in [2.24, 2.45) is 11.7 Å². The summed E-state index contributed by atoms with van der Waals surface area (Å²) in [7, 11) is -3.49. The summed E-state index contributed by atoms with van der Waals surface area (Å²) in [5, 5.41) is 0.163. The Kier molecular flexibility index (Phi) is 4.59. The van der Waals surface area contributed by atoms with Gasteiger partial charge in [-0.3, -0.25) is 0 Å². The second-order valence-corrected chi connectivity index (χ2v) is 6.83. The van der Waals surface area contributed by atoms with Gasteiger partial charge in [0.1, 0.15) is 0 Å². The lowest BCUT2D eigenvalue weighted by Gasteiger charge is -2.37. The van der Waals surface area contributed by atoms with Gasteiger partial charge in [-0.1, -0.05) is 19.8 Å². The molecule has 7 heteroatoms. The zero-order valence-corrected chi connectivity index (χ0v) is 12.1. The smallest absolute Gasteiger partial charge is 0.260 e. The van der Waals surface area contributed by atoms with E-state index in [1.807, 2.05) is 6.92 Å². The molecule has 0 aliphatic heterocycles. The van der Waals surface area contributed by atoms with E-state index in [4.69, 9.17) is 5.73 Å². The molecule has 0 saturated heterocycles. The third-order valence-corrected chi connectivity index (χ3v) is 5.84. The molecule has 1 aromatic heterocycles. The van der Waals surface area contributed by atoms with E-state index in [-0.39, 0.29) is 17.0 Å². The Morgan fingerprint density at radius 3 is 2.79 bits per heavy atom. The van der Waals surface area contributed by atoms with Gasteiger partial charge < -0.3 is 10.7 Å². The van der Waals surface area contributed by atoms with Crippen LogP contribution in [0.2, 0.25) is 0 Å². The molecule has 0 bridgehead atoms. The van der Waals surface area contributed by atoms with Crippen LogP contribution in [0, 0.1) is 5.92 Å². The monoisotopic (exact) mass is 286 g/mol. The predicted octanol–water partition coefficient (Wildman–Crippen LogP) is 0.938. The van der Waals surface area contributed by atoms with Crippen LogP contribution >= 0.6 is 0 Å². The number of nitrogens with two attached hydrogens (primary N) is 1. The fourth-order valence-electron chi connectivity index (χ4n) is 2.94. The highest BCUT2D eigenvalue weighted by Gasteiger charge is 2.36. The Morgan fingerprint density at radius 2 is 2.21 bits per heavy atom. The molecule has 19 heavy (non-hydrogen) atoms. The molecule has 2 atom stereocenters. The summed E-state index contributed by atoms with van der Waals surface area (Å²) < 4.78 is 26.8. The third-order valence-electron chi connectivity index (χ3n) is 3.91. The fourth-order valence-corrected chi connectivity index (χ4v) is 4.56. The third kappa shape index (κ3) is 2.82. The number of aromatic amines is 1. The van der Waals surface area contributed by atoms with Gasteiger partial charge in [-0.05, 0) is 25.3 Å². The summed E-state index contributed by atoms with van der Waals surface area (Å²) in [6, 6.07) is 0.0112. The minimum atomic E-state index is -3.49. The molecule has 1 aliphatic carbocycles. The molecule has 0 spiro atoms. The number of imidazole rings is 1. The predicted molar refractivity (Wildman–Crippen MR) is 73.0 cm³/mol. The van der Waals surface area contributed by atoms with Gasteiger partial charge in [0.15, 0.2) is 5.03 Å². The quantitative estimate of drug-likeness (QED) is 0.842. The SMILES string of the molecule is CCN(C1CCCCC1CN)S(=O)(=O)c1cnc[nH]1. The molecule has 3 N–H and O–H groups in total. The molecule has 0 amide bonds. The van der Waals surface area contributed by atoms with E-state index >= 15 is 0 Å². The van der Waals surface area contributed by atoms with Crippen molar-refractivity contribution in [2.45, 2.75) is 43.7 Å². The Morgan fingerprint density at radius 1 is 1.47 bits per heavy atom. The lowest BCUT2D eigenvalue weighted by Crippen LogP contribution is -2.47. The van der Waals surface area contributed by atoms with Crippen molar-refractivity contribution in [2.75, 3.05) is 13.1 Å². The van der Waals surface area contributed by atoms with Crippen LogP contribution in [0.4, 0.5) is 0 Å². The van der Waals surface area contributed by atoms with Gasteiger partial charge in [-0.2, -0.15) is 4.31 Å². The number of rotatable bonds is 5. The first kappa shape index (κ1) is 14.5. The highest BCUT2D eigenvalue weighted by molar-refractivity contribution is 7.89. The van der Waals surface area contributed by atoms with Crippen LogP contribution in [0.15, 0.2) is 17.6 Å². The van der Waals surface area contributed by atoms with E-state index in [1.165, 1.54) is 12.5 Å². The Labute approximate surface area is 114 Å². The van der Waals surface area contributed by atoms with Crippen LogP contribution in [0.25, 0.3) is 0 Å². The molecule has 2 rings (SSSR count). The normalized spacial score (nSPS) is 24.8. The van der Waals surface area contributed by atoms with Gasteiger partial charge in [0.2, 0.25) is 0 Å². The summed E-state index contributed by atoms with van der Waals surface area (Å²) in [6.45, 7) is 2.87. The number of H-pyrrole nitrogens is 1. The molecule has 108 valence electrons. The van der Waals surface area contributed by atoms with Gasteiger partial charge in [0.05, 0.1) is 12.5 Å². The molecule has 1 aromatic rings. The van der Waals surface area contributed by atoms with Crippen molar-refractivity contribution in [1.82, 2.24) is 14.3 Å². The second kappa shape index (κ2) is 6.02. The zero-order chi connectivity index (χ0) is 13.9. The zero-order valence-electron chi connectivity index (χ0n) is 11.2. The van der Waals surface area contributed by atoms with Crippen molar-refractivity contribution >= 4 is 10.0 Å². The Hall–Kier alpha value is -0.920. The average molecular weight is 286 g/mol. The summed E-state index contributed by atoms with van der Waals surface area (Å²) in [4.78, 5) is 6.50. The maximum Gasteiger partial charge on any atom is 0.260 e. The van der Waals surface area contributed by atoms with Gasteiger partial charge in [0, 0.05) is 12.6 Å². The maximum absolute atomic E-state index is 12.6. The molecule has 0 aromatic carbocycles. The number of hydrogen-bond donors (Lipinski definition) is 2. The highest BCUT2D eigenvalue weighted by Crippen LogP contribution is 2.30. The van der Waals surface area contributed by atoms with Gasteiger partial charge in [-0.15, -0.1) is 0 Å². The Bertz CT molecular complexity index is 486. The van der Waals surface area contributed by atoms with Crippen LogP contribution in [-0.4, -0.2) is 41.8 Å². The molecule has 1 saturated carbocycles. The van der Waals surface area contributed by atoms with Gasteiger partial charge in [-0.25, -0.2) is 13.4 Å². The minimum absolute atomic E-state index is 0.0112. The van der Waals surface area contributed by atoms with Gasteiger partial charge in [0.25, 0.3) is 10.0 Å². The number of nitrogens with zero attached hydrogens (tertiary/aromatic N) is 2. The molecule has 6 nitrogen and oxygen atoms in total. The van der Waals surface area contributed by atoms with Crippen LogP contribution in [-0.2, 0) is 10.0 Å². The molecule has 2 unspecified atom stereocenters. The first-order chi connectivity index (χ1) is 9.11. The van der Waals surface area contributed by atoms with Crippen molar-refractivity contribution in [3.8, 4) is 0 Å². The second-order valence-electron chi connectivity index (χ2n) is 4.97. The molecular formula is C12H22N4O2S. The molecular weight excluding hydrogens is 264 g/mol. The van der Waals surface area contributed by atoms with E-state index in [0.717, 1.165) is 25.7 Å². The summed E-state index contributed by atoms with van der Waals surface area (Å²) in [6.07, 6.45) is 6.86. The highest BCUT2D eigenvalue weighted by atomic mass is 32.2. The first-order valence-electron chi connectivity index (χ1n) is 6.81. The molecule has 0 radical (unpaired) electrons. The average Bonchev–Trinajstić information content (AvgIpc) is 2.94.